The van der Waals surface area contributed by atoms with E-state index in [1.54, 1.807) is 5.57 Å². The summed E-state index contributed by atoms with van der Waals surface area (Å²) in [4.78, 5) is 24.1. The first-order valence-corrected chi connectivity index (χ1v) is 11.9. The van der Waals surface area contributed by atoms with Crippen molar-refractivity contribution in [3.63, 3.8) is 0 Å². The molecule has 3 fully saturated rings. The molecule has 2 saturated carbocycles. The molecule has 0 radical (unpaired) electrons. The van der Waals surface area contributed by atoms with E-state index in [2.05, 4.69) is 32.9 Å². The van der Waals surface area contributed by atoms with Gasteiger partial charge in [0, 0.05) is 12.3 Å². The lowest BCUT2D eigenvalue weighted by Crippen LogP contribution is -2.55. The Labute approximate surface area is 180 Å². The highest BCUT2D eigenvalue weighted by Gasteiger charge is 2.61. The summed E-state index contributed by atoms with van der Waals surface area (Å²) >= 11 is 0. The van der Waals surface area contributed by atoms with Crippen molar-refractivity contribution >= 4 is 11.9 Å². The Bertz CT molecular complexity index is 840. The summed E-state index contributed by atoms with van der Waals surface area (Å²) in [7, 11) is 0. The molecule has 4 heteroatoms. The number of carbonyl (C=O) groups is 2. The normalized spacial score (nSPS) is 47.0. The smallest absolute Gasteiger partial charge is 0.314 e. The first-order chi connectivity index (χ1) is 14.2. The van der Waals surface area contributed by atoms with E-state index in [4.69, 9.17) is 9.47 Å². The number of hydrogen-bond acceptors (Lipinski definition) is 4. The maximum absolute atomic E-state index is 12.6. The van der Waals surface area contributed by atoms with Gasteiger partial charge in [0.1, 0.15) is 6.61 Å². The summed E-state index contributed by atoms with van der Waals surface area (Å²) in [6, 6.07) is 0. The van der Waals surface area contributed by atoms with E-state index in [9.17, 15) is 9.59 Å². The van der Waals surface area contributed by atoms with Crippen LogP contribution in [0.15, 0.2) is 23.3 Å². The van der Waals surface area contributed by atoms with Gasteiger partial charge in [0.2, 0.25) is 0 Å². The van der Waals surface area contributed by atoms with Crippen molar-refractivity contribution in [2.24, 2.45) is 39.9 Å². The molecule has 1 heterocycles. The molecule has 0 unspecified atom stereocenters. The summed E-state index contributed by atoms with van der Waals surface area (Å²) in [5, 5.41) is 0. The lowest BCUT2D eigenvalue weighted by molar-refractivity contribution is -0.154. The van der Waals surface area contributed by atoms with Crippen LogP contribution < -0.4 is 0 Å². The zero-order chi connectivity index (χ0) is 21.3. The van der Waals surface area contributed by atoms with Gasteiger partial charge < -0.3 is 9.47 Å². The monoisotopic (exact) mass is 412 g/mol. The fourth-order valence-electron chi connectivity index (χ4n) is 8.46. The summed E-state index contributed by atoms with van der Waals surface area (Å²) in [5.41, 5.74) is 3.15. The Hall–Kier alpha value is -1.58. The molecule has 7 atom stereocenters. The van der Waals surface area contributed by atoms with Gasteiger partial charge in [-0.1, -0.05) is 44.9 Å². The highest BCUT2D eigenvalue weighted by Crippen LogP contribution is 2.67. The van der Waals surface area contributed by atoms with E-state index >= 15 is 0 Å². The maximum atomic E-state index is 12.6. The number of carbonyl (C=O) groups excluding carboxylic acids is 2. The molecular weight excluding hydrogens is 376 g/mol. The number of rotatable bonds is 2. The predicted molar refractivity (Wildman–Crippen MR) is 114 cm³/mol. The minimum Gasteiger partial charge on any atom is -0.465 e. The van der Waals surface area contributed by atoms with Crippen LogP contribution in [0.1, 0.15) is 72.6 Å². The van der Waals surface area contributed by atoms with Crippen LogP contribution in [0, 0.1) is 39.9 Å². The molecule has 5 aliphatic rings. The Morgan fingerprint density at radius 2 is 1.90 bits per heavy atom. The maximum Gasteiger partial charge on any atom is 0.314 e. The second-order valence-corrected chi connectivity index (χ2v) is 11.5. The highest BCUT2D eigenvalue weighted by molar-refractivity contribution is 5.80. The van der Waals surface area contributed by atoms with Crippen molar-refractivity contribution in [3.05, 3.63) is 23.3 Å². The minimum absolute atomic E-state index is 0.000907. The van der Waals surface area contributed by atoms with Gasteiger partial charge in [0.15, 0.2) is 0 Å². The van der Waals surface area contributed by atoms with Gasteiger partial charge in [-0.3, -0.25) is 9.59 Å². The summed E-state index contributed by atoms with van der Waals surface area (Å²) < 4.78 is 11.0. The Morgan fingerprint density at radius 1 is 1.10 bits per heavy atom. The summed E-state index contributed by atoms with van der Waals surface area (Å²) in [6.07, 6.45) is 12.8. The first-order valence-electron chi connectivity index (χ1n) is 11.9. The van der Waals surface area contributed by atoms with Gasteiger partial charge in [-0.05, 0) is 72.7 Å². The van der Waals surface area contributed by atoms with Gasteiger partial charge in [-0.25, -0.2) is 0 Å². The van der Waals surface area contributed by atoms with Crippen LogP contribution in [0.3, 0.4) is 0 Å². The lowest BCUT2D eigenvalue weighted by Gasteiger charge is -2.62. The van der Waals surface area contributed by atoms with Crippen LogP contribution in [-0.2, 0) is 19.1 Å². The Balaban J connectivity index is 1.49. The SMILES string of the molecule is CC(=O)OC[C@@]1(C)CCC[C@]2(C)[C@H]3CC[C@]4(C)[C@H]5C(=O)OCC5=CC[C@H]4C3=CC[C@@H]12. The molecule has 0 spiro atoms. The molecule has 30 heavy (non-hydrogen) atoms. The Morgan fingerprint density at radius 3 is 2.67 bits per heavy atom. The van der Waals surface area contributed by atoms with Crippen molar-refractivity contribution in [1.82, 2.24) is 0 Å². The van der Waals surface area contributed by atoms with Crippen molar-refractivity contribution in [1.29, 1.82) is 0 Å². The van der Waals surface area contributed by atoms with Crippen LogP contribution in [0.2, 0.25) is 0 Å². The van der Waals surface area contributed by atoms with Crippen molar-refractivity contribution in [2.75, 3.05) is 13.2 Å². The van der Waals surface area contributed by atoms with Crippen LogP contribution in [0.5, 0.6) is 0 Å². The van der Waals surface area contributed by atoms with Gasteiger partial charge in [-0.2, -0.15) is 0 Å². The van der Waals surface area contributed by atoms with E-state index in [1.165, 1.54) is 25.3 Å². The predicted octanol–water partition coefficient (Wildman–Crippen LogP) is 5.23. The number of esters is 2. The Kier molecular flexibility index (Phi) is 4.55. The van der Waals surface area contributed by atoms with Gasteiger partial charge >= 0.3 is 11.9 Å². The van der Waals surface area contributed by atoms with Crippen molar-refractivity contribution in [3.8, 4) is 0 Å². The number of hydrogen-bond donors (Lipinski definition) is 0. The molecule has 0 aromatic rings. The first kappa shape index (κ1) is 20.3. The van der Waals surface area contributed by atoms with Gasteiger partial charge in [-0.15, -0.1) is 0 Å². The van der Waals surface area contributed by atoms with Crippen LogP contribution in [0.25, 0.3) is 0 Å². The molecule has 0 aromatic carbocycles. The average molecular weight is 413 g/mol. The van der Waals surface area contributed by atoms with E-state index in [0.717, 1.165) is 32.1 Å². The zero-order valence-corrected chi connectivity index (χ0v) is 19.0. The largest absolute Gasteiger partial charge is 0.465 e. The quantitative estimate of drug-likeness (QED) is 0.460. The zero-order valence-electron chi connectivity index (χ0n) is 19.0. The topological polar surface area (TPSA) is 52.6 Å². The molecular formula is C26H36O4. The van der Waals surface area contributed by atoms with Crippen molar-refractivity contribution < 1.29 is 19.1 Å². The lowest BCUT2D eigenvalue weighted by atomic mass is 9.42. The molecule has 0 bridgehead atoms. The molecule has 1 aliphatic heterocycles. The minimum atomic E-state index is -0.169. The fourth-order valence-corrected chi connectivity index (χ4v) is 8.46. The van der Waals surface area contributed by atoms with E-state index < -0.39 is 0 Å². The molecule has 164 valence electrons. The summed E-state index contributed by atoms with van der Waals surface area (Å²) in [6.45, 7) is 9.76. The molecule has 5 rings (SSSR count). The van der Waals surface area contributed by atoms with E-state index in [1.807, 2.05) is 0 Å². The van der Waals surface area contributed by atoms with E-state index in [0.29, 0.717) is 31.0 Å². The molecule has 4 nitrogen and oxygen atoms in total. The third kappa shape index (κ3) is 2.71. The third-order valence-electron chi connectivity index (χ3n) is 9.93. The van der Waals surface area contributed by atoms with Gasteiger partial charge in [0.05, 0.1) is 12.5 Å². The van der Waals surface area contributed by atoms with Crippen molar-refractivity contribution in [2.45, 2.75) is 72.6 Å². The molecule has 0 aromatic heterocycles. The number of allylic oxidation sites excluding steroid dienone is 3. The molecule has 1 saturated heterocycles. The fraction of sp³-hybridized carbons (Fsp3) is 0.769. The molecule has 0 amide bonds. The summed E-state index contributed by atoms with van der Waals surface area (Å²) in [5.74, 6) is 1.37. The van der Waals surface area contributed by atoms with Crippen LogP contribution in [0.4, 0.5) is 0 Å². The average Bonchev–Trinajstić information content (AvgIpc) is 3.08. The van der Waals surface area contributed by atoms with Crippen LogP contribution in [-0.4, -0.2) is 25.2 Å². The van der Waals surface area contributed by atoms with E-state index in [-0.39, 0.29) is 34.1 Å². The van der Waals surface area contributed by atoms with Gasteiger partial charge in [0.25, 0.3) is 0 Å². The standard InChI is InChI=1S/C26H36O4/c1-16(27)30-15-24(2)11-5-12-25(3)20-10-13-26(4)19(18(20)7-9-21(24)25)8-6-17-14-29-23(28)22(17)26/h6-7,19-22H,5,8-15H2,1-4H3/t19-,20-,21-,22+,24+,25+,26-/m0/s1. The van der Waals surface area contributed by atoms with Crippen LogP contribution >= 0.6 is 0 Å². The molecule has 0 N–H and O–H groups in total. The second-order valence-electron chi connectivity index (χ2n) is 11.5. The number of fused-ring (bicyclic) bond motifs is 7. The highest BCUT2D eigenvalue weighted by atomic mass is 16.5. The molecule has 4 aliphatic carbocycles. The number of ether oxygens (including phenoxy) is 2. The third-order valence-corrected chi connectivity index (χ3v) is 9.93. The second kappa shape index (κ2) is 6.71. The number of cyclic esters (lactones) is 1.